The predicted octanol–water partition coefficient (Wildman–Crippen LogP) is 1.96. The smallest absolute Gasteiger partial charge is 0.207 e. The zero-order valence-corrected chi connectivity index (χ0v) is 10.7. The minimum absolute atomic E-state index is 0.492. The van der Waals surface area contributed by atoms with E-state index in [1.165, 1.54) is 5.56 Å². The second kappa shape index (κ2) is 3.60. The molecule has 0 radical (unpaired) electrons. The Kier molecular flexibility index (Phi) is 2.16. The number of hydrogen-bond donors (Lipinski definition) is 1. The Labute approximate surface area is 105 Å². The van der Waals surface area contributed by atoms with Crippen LogP contribution < -0.4 is 5.73 Å². The lowest BCUT2D eigenvalue weighted by molar-refractivity contribution is 0.762. The van der Waals surface area contributed by atoms with Gasteiger partial charge in [-0.3, -0.25) is 4.57 Å². The van der Waals surface area contributed by atoms with Gasteiger partial charge in [0, 0.05) is 7.05 Å². The first kappa shape index (κ1) is 10.8. The minimum atomic E-state index is 0.492. The molecule has 0 saturated carbocycles. The average Bonchev–Trinajstić information content (AvgIpc) is 2.78. The third-order valence-corrected chi connectivity index (χ3v) is 3.09. The number of nitrogen functional groups attached to an aromatic ring is 1. The van der Waals surface area contributed by atoms with Gasteiger partial charge in [0.2, 0.25) is 5.95 Å². The summed E-state index contributed by atoms with van der Waals surface area (Å²) in [5.74, 6) is 0.492. The van der Waals surface area contributed by atoms with Crippen LogP contribution in [-0.4, -0.2) is 19.3 Å². The third kappa shape index (κ3) is 1.40. The fourth-order valence-corrected chi connectivity index (χ4v) is 2.31. The molecule has 5 nitrogen and oxygen atoms in total. The largest absolute Gasteiger partial charge is 0.369 e. The molecule has 0 aliphatic rings. The number of aryl methyl sites for hydroxylation is 3. The normalized spacial score (nSPS) is 11.3. The summed E-state index contributed by atoms with van der Waals surface area (Å²) in [5.41, 5.74) is 10.9. The maximum Gasteiger partial charge on any atom is 0.207 e. The first-order valence-electron chi connectivity index (χ1n) is 5.82. The Hall–Kier alpha value is -2.30. The zero-order chi connectivity index (χ0) is 12.9. The predicted molar refractivity (Wildman–Crippen MR) is 71.7 cm³/mol. The van der Waals surface area contributed by atoms with Crippen molar-refractivity contribution in [3.8, 4) is 5.69 Å². The van der Waals surface area contributed by atoms with Gasteiger partial charge >= 0.3 is 0 Å². The van der Waals surface area contributed by atoms with Crippen LogP contribution in [0.2, 0.25) is 0 Å². The third-order valence-electron chi connectivity index (χ3n) is 3.09. The van der Waals surface area contributed by atoms with Crippen LogP contribution in [0.3, 0.4) is 0 Å². The van der Waals surface area contributed by atoms with Gasteiger partial charge in [-0.05, 0) is 31.5 Å². The quantitative estimate of drug-likeness (QED) is 0.708. The average molecular weight is 241 g/mol. The molecule has 0 spiro atoms. The lowest BCUT2D eigenvalue weighted by Gasteiger charge is -2.07. The van der Waals surface area contributed by atoms with Gasteiger partial charge in [0.25, 0.3) is 0 Å². The molecule has 0 atom stereocenters. The molecule has 5 heteroatoms. The Balaban J connectivity index is 2.38. The number of nitrogens with two attached hydrogens (primary N) is 1. The molecule has 0 fully saturated rings. The highest BCUT2D eigenvalue weighted by Gasteiger charge is 2.16. The molecule has 18 heavy (non-hydrogen) atoms. The topological polar surface area (TPSA) is 61.7 Å². The van der Waals surface area contributed by atoms with Gasteiger partial charge < -0.3 is 5.73 Å². The number of imidazole rings is 1. The van der Waals surface area contributed by atoms with Crippen molar-refractivity contribution in [3.63, 3.8) is 0 Å². The van der Waals surface area contributed by atoms with E-state index in [0.717, 1.165) is 22.5 Å². The summed E-state index contributed by atoms with van der Waals surface area (Å²) >= 11 is 0. The van der Waals surface area contributed by atoms with Crippen LogP contribution in [0.4, 0.5) is 5.95 Å². The van der Waals surface area contributed by atoms with Gasteiger partial charge in [0.05, 0.1) is 11.4 Å². The number of rotatable bonds is 1. The summed E-state index contributed by atoms with van der Waals surface area (Å²) in [4.78, 5) is 4.40. The molecule has 1 aromatic carbocycles. The van der Waals surface area contributed by atoms with Gasteiger partial charge in [-0.25, -0.2) is 9.67 Å². The van der Waals surface area contributed by atoms with Crippen molar-refractivity contribution < 1.29 is 0 Å². The standard InChI is InChI=1S/C13H15N5/c1-8-5-4-6-10(7-8)18-12-11(15-13(18)14)9(2)16-17(12)3/h4-7H,1-3H3,(H2,14,15). The van der Waals surface area contributed by atoms with Crippen LogP contribution in [0.15, 0.2) is 24.3 Å². The van der Waals surface area contributed by atoms with Crippen molar-refractivity contribution in [1.29, 1.82) is 0 Å². The minimum Gasteiger partial charge on any atom is -0.369 e. The number of benzene rings is 1. The number of fused-ring (bicyclic) bond motifs is 1. The molecule has 0 unspecified atom stereocenters. The van der Waals surface area contributed by atoms with Crippen LogP contribution in [0.5, 0.6) is 0 Å². The molecule has 3 rings (SSSR count). The molecule has 2 heterocycles. The Morgan fingerprint density at radius 2 is 2.00 bits per heavy atom. The van der Waals surface area contributed by atoms with Crippen LogP contribution in [0.25, 0.3) is 16.9 Å². The maximum absolute atomic E-state index is 6.03. The molecular weight excluding hydrogens is 226 g/mol. The van der Waals surface area contributed by atoms with Crippen molar-refractivity contribution >= 4 is 17.1 Å². The van der Waals surface area contributed by atoms with Crippen LogP contribution in [-0.2, 0) is 7.05 Å². The molecular formula is C13H15N5. The van der Waals surface area contributed by atoms with Gasteiger partial charge in [-0.2, -0.15) is 5.10 Å². The molecule has 0 saturated heterocycles. The van der Waals surface area contributed by atoms with Gasteiger partial charge in [0.1, 0.15) is 5.52 Å². The van der Waals surface area contributed by atoms with E-state index in [-0.39, 0.29) is 0 Å². The van der Waals surface area contributed by atoms with E-state index in [4.69, 9.17) is 5.73 Å². The summed E-state index contributed by atoms with van der Waals surface area (Å²) in [5, 5.41) is 4.38. The van der Waals surface area contributed by atoms with E-state index in [9.17, 15) is 0 Å². The second-order valence-electron chi connectivity index (χ2n) is 4.53. The second-order valence-corrected chi connectivity index (χ2v) is 4.53. The number of anilines is 1. The SMILES string of the molecule is Cc1cccc(-n2c(N)nc3c(C)nn(C)c32)c1. The van der Waals surface area contributed by atoms with Crippen LogP contribution in [0.1, 0.15) is 11.3 Å². The zero-order valence-electron chi connectivity index (χ0n) is 10.7. The van der Waals surface area contributed by atoms with E-state index in [1.807, 2.05) is 35.4 Å². The van der Waals surface area contributed by atoms with E-state index in [1.54, 1.807) is 0 Å². The highest BCUT2D eigenvalue weighted by Crippen LogP contribution is 2.24. The highest BCUT2D eigenvalue weighted by molar-refractivity contribution is 5.80. The fourth-order valence-electron chi connectivity index (χ4n) is 2.31. The molecule has 0 bridgehead atoms. The van der Waals surface area contributed by atoms with E-state index < -0.39 is 0 Å². The summed E-state index contributed by atoms with van der Waals surface area (Å²) in [6.45, 7) is 4.00. The van der Waals surface area contributed by atoms with Gasteiger partial charge in [0.15, 0.2) is 5.65 Å². The lowest BCUT2D eigenvalue weighted by atomic mass is 10.2. The summed E-state index contributed by atoms with van der Waals surface area (Å²) in [7, 11) is 1.91. The van der Waals surface area contributed by atoms with Gasteiger partial charge in [-0.15, -0.1) is 0 Å². The molecule has 0 amide bonds. The van der Waals surface area contributed by atoms with Gasteiger partial charge in [-0.1, -0.05) is 12.1 Å². The van der Waals surface area contributed by atoms with E-state index in [0.29, 0.717) is 5.95 Å². The first-order valence-corrected chi connectivity index (χ1v) is 5.82. The lowest BCUT2D eigenvalue weighted by Crippen LogP contribution is -2.04. The molecule has 0 aliphatic carbocycles. The van der Waals surface area contributed by atoms with Crippen LogP contribution >= 0.6 is 0 Å². The Bertz CT molecular complexity index is 735. The number of aromatic nitrogens is 4. The molecule has 2 aromatic heterocycles. The first-order chi connectivity index (χ1) is 8.58. The summed E-state index contributed by atoms with van der Waals surface area (Å²) in [6.07, 6.45) is 0. The van der Waals surface area contributed by atoms with Crippen molar-refractivity contribution in [3.05, 3.63) is 35.5 Å². The molecule has 92 valence electrons. The molecule has 0 aliphatic heterocycles. The van der Waals surface area contributed by atoms with E-state index >= 15 is 0 Å². The number of hydrogen-bond acceptors (Lipinski definition) is 3. The monoisotopic (exact) mass is 241 g/mol. The number of nitrogens with zero attached hydrogens (tertiary/aromatic N) is 4. The summed E-state index contributed by atoms with van der Waals surface area (Å²) in [6, 6.07) is 8.17. The highest BCUT2D eigenvalue weighted by atomic mass is 15.3. The van der Waals surface area contributed by atoms with Crippen molar-refractivity contribution in [2.75, 3.05) is 5.73 Å². The van der Waals surface area contributed by atoms with E-state index in [2.05, 4.69) is 29.1 Å². The fraction of sp³-hybridized carbons (Fsp3) is 0.231. The van der Waals surface area contributed by atoms with Crippen molar-refractivity contribution in [1.82, 2.24) is 19.3 Å². The van der Waals surface area contributed by atoms with Crippen LogP contribution in [0, 0.1) is 13.8 Å². The maximum atomic E-state index is 6.03. The Morgan fingerprint density at radius 3 is 2.72 bits per heavy atom. The summed E-state index contributed by atoms with van der Waals surface area (Å²) < 4.78 is 3.75. The molecule has 3 aromatic rings. The van der Waals surface area contributed by atoms with Crippen molar-refractivity contribution in [2.24, 2.45) is 7.05 Å². The van der Waals surface area contributed by atoms with Crippen molar-refractivity contribution in [2.45, 2.75) is 13.8 Å². The molecule has 2 N–H and O–H groups in total. The Morgan fingerprint density at radius 1 is 1.22 bits per heavy atom.